The smallest absolute Gasteiger partial charge is 0.0878 e. The predicted molar refractivity (Wildman–Crippen MR) is 73.2 cm³/mol. The van der Waals surface area contributed by atoms with Gasteiger partial charge in [0.1, 0.15) is 6.04 Å². The molecule has 1 unspecified atom stereocenters. The summed E-state index contributed by atoms with van der Waals surface area (Å²) < 4.78 is 2.23. The molecule has 0 aromatic heterocycles. The van der Waals surface area contributed by atoms with Crippen LogP contribution >= 0.6 is 0 Å². The SMILES string of the molecule is CC(C)(C)C1=CC(C(C)(C)C)N=[N+]1C(C)(C)C. The number of azo groups is 2. The van der Waals surface area contributed by atoms with E-state index in [9.17, 15) is 0 Å². The van der Waals surface area contributed by atoms with Gasteiger partial charge in [0.05, 0.1) is 0 Å². The van der Waals surface area contributed by atoms with Crippen molar-refractivity contribution in [2.75, 3.05) is 0 Å². The van der Waals surface area contributed by atoms with E-state index in [0.29, 0.717) is 0 Å². The van der Waals surface area contributed by atoms with Crippen molar-refractivity contribution in [2.24, 2.45) is 15.9 Å². The second-order valence-corrected chi connectivity index (χ2v) is 8.21. The molecule has 0 N–H and O–H groups in total. The third-order valence-corrected chi connectivity index (χ3v) is 3.07. The first-order chi connectivity index (χ1) is 7.33. The Hall–Kier alpha value is -0.660. The van der Waals surface area contributed by atoms with Crippen molar-refractivity contribution in [3.8, 4) is 0 Å². The highest BCUT2D eigenvalue weighted by Gasteiger charge is 2.45. The Morgan fingerprint density at radius 2 is 1.41 bits per heavy atom. The van der Waals surface area contributed by atoms with Crippen LogP contribution < -0.4 is 0 Å². The van der Waals surface area contributed by atoms with Gasteiger partial charge in [0, 0.05) is 32.3 Å². The van der Waals surface area contributed by atoms with Crippen LogP contribution in [0.2, 0.25) is 0 Å². The van der Waals surface area contributed by atoms with Gasteiger partial charge in [-0.25, -0.2) is 0 Å². The fraction of sp³-hybridized carbons (Fsp3) is 0.867. The van der Waals surface area contributed by atoms with Crippen LogP contribution in [0.1, 0.15) is 62.3 Å². The largest absolute Gasteiger partial charge is 0.212 e. The molecule has 17 heavy (non-hydrogen) atoms. The zero-order valence-corrected chi connectivity index (χ0v) is 13.0. The number of rotatable bonds is 0. The minimum absolute atomic E-state index is 0.0547. The fourth-order valence-electron chi connectivity index (χ4n) is 1.97. The van der Waals surface area contributed by atoms with Gasteiger partial charge in [-0.05, 0) is 10.5 Å². The molecule has 0 aromatic carbocycles. The topological polar surface area (TPSA) is 15.4 Å². The van der Waals surface area contributed by atoms with Gasteiger partial charge >= 0.3 is 0 Å². The maximum absolute atomic E-state index is 4.92. The highest BCUT2D eigenvalue weighted by atomic mass is 15.4. The number of nitrogens with zero attached hydrogens (tertiary/aromatic N) is 2. The van der Waals surface area contributed by atoms with Gasteiger partial charge in [0.15, 0.2) is 5.54 Å². The average Bonchev–Trinajstić information content (AvgIpc) is 2.42. The van der Waals surface area contributed by atoms with Gasteiger partial charge in [0.2, 0.25) is 5.70 Å². The Morgan fingerprint density at radius 1 is 0.941 bits per heavy atom. The lowest BCUT2D eigenvalue weighted by Crippen LogP contribution is -2.34. The number of hydrogen-bond donors (Lipinski definition) is 0. The normalized spacial score (nSPS) is 22.5. The molecular formula is C15H29N2+. The van der Waals surface area contributed by atoms with Crippen molar-refractivity contribution >= 4 is 0 Å². The van der Waals surface area contributed by atoms with Gasteiger partial charge in [-0.15, -0.1) is 0 Å². The van der Waals surface area contributed by atoms with E-state index >= 15 is 0 Å². The van der Waals surface area contributed by atoms with Crippen LogP contribution in [-0.4, -0.2) is 16.3 Å². The first kappa shape index (κ1) is 14.4. The lowest BCUT2D eigenvalue weighted by molar-refractivity contribution is -0.619. The van der Waals surface area contributed by atoms with Crippen molar-refractivity contribution < 1.29 is 4.70 Å². The molecule has 0 fully saturated rings. The summed E-state index contributed by atoms with van der Waals surface area (Å²) in [5.74, 6) is 0. The zero-order chi connectivity index (χ0) is 13.6. The Kier molecular flexibility index (Phi) is 3.33. The molecule has 0 spiro atoms. The van der Waals surface area contributed by atoms with Gasteiger partial charge in [-0.1, -0.05) is 46.2 Å². The molecule has 0 amide bonds. The summed E-state index contributed by atoms with van der Waals surface area (Å²) in [7, 11) is 0. The van der Waals surface area contributed by atoms with Gasteiger partial charge in [-0.2, -0.15) is 0 Å². The van der Waals surface area contributed by atoms with Crippen LogP contribution in [0.5, 0.6) is 0 Å². The summed E-state index contributed by atoms with van der Waals surface area (Å²) in [6.45, 7) is 20.2. The van der Waals surface area contributed by atoms with Crippen molar-refractivity contribution in [1.82, 2.24) is 0 Å². The Morgan fingerprint density at radius 3 is 1.65 bits per heavy atom. The maximum Gasteiger partial charge on any atom is 0.212 e. The van der Waals surface area contributed by atoms with E-state index in [1.165, 1.54) is 5.70 Å². The molecule has 1 aliphatic rings. The minimum atomic E-state index is 0.0547. The first-order valence-corrected chi connectivity index (χ1v) is 6.57. The molecule has 0 aliphatic carbocycles. The molecule has 2 nitrogen and oxygen atoms in total. The van der Waals surface area contributed by atoms with Crippen molar-refractivity contribution in [3.63, 3.8) is 0 Å². The summed E-state index contributed by atoms with van der Waals surface area (Å²) >= 11 is 0. The summed E-state index contributed by atoms with van der Waals surface area (Å²) in [4.78, 5) is 0. The third-order valence-electron chi connectivity index (χ3n) is 3.07. The van der Waals surface area contributed by atoms with E-state index < -0.39 is 0 Å². The molecule has 0 aromatic rings. The van der Waals surface area contributed by atoms with Crippen LogP contribution in [0.15, 0.2) is 16.9 Å². The van der Waals surface area contributed by atoms with E-state index in [4.69, 9.17) is 5.11 Å². The molecular weight excluding hydrogens is 208 g/mol. The molecule has 1 atom stereocenters. The maximum atomic E-state index is 4.92. The molecule has 98 valence electrons. The van der Waals surface area contributed by atoms with Crippen molar-refractivity contribution in [1.29, 1.82) is 0 Å². The Labute approximate surface area is 107 Å². The highest BCUT2D eigenvalue weighted by Crippen LogP contribution is 2.38. The highest BCUT2D eigenvalue weighted by molar-refractivity contribution is 5.12. The molecule has 1 aliphatic heterocycles. The standard InChI is InChI=1S/C15H29N2/c1-13(2,3)11-10-12(14(4,5)6)17(16-11)15(7,8)9/h10-11H,1-9H3/q+1. The Balaban J connectivity index is 3.24. The molecule has 1 heterocycles. The molecule has 0 saturated heterocycles. The van der Waals surface area contributed by atoms with Crippen LogP contribution in [-0.2, 0) is 0 Å². The van der Waals surface area contributed by atoms with Crippen molar-refractivity contribution in [3.05, 3.63) is 11.8 Å². The first-order valence-electron chi connectivity index (χ1n) is 6.57. The summed E-state index contributed by atoms with van der Waals surface area (Å²) in [6.07, 6.45) is 2.35. The van der Waals surface area contributed by atoms with Crippen molar-refractivity contribution in [2.45, 2.75) is 73.9 Å². The van der Waals surface area contributed by atoms with Gasteiger partial charge in [0.25, 0.3) is 0 Å². The second-order valence-electron chi connectivity index (χ2n) is 8.21. The van der Waals surface area contributed by atoms with E-state index in [1.54, 1.807) is 0 Å². The number of hydrogen-bond acceptors (Lipinski definition) is 1. The molecule has 0 radical (unpaired) electrons. The number of allylic oxidation sites excluding steroid dienone is 1. The predicted octanol–water partition coefficient (Wildman–Crippen LogP) is 4.61. The lowest BCUT2D eigenvalue weighted by Gasteiger charge is -2.21. The van der Waals surface area contributed by atoms with Crippen LogP contribution in [0, 0.1) is 10.8 Å². The summed E-state index contributed by atoms with van der Waals surface area (Å²) in [5.41, 5.74) is 1.75. The monoisotopic (exact) mass is 237 g/mol. The summed E-state index contributed by atoms with van der Waals surface area (Å²) in [6, 6.07) is 0.288. The van der Waals surface area contributed by atoms with Crippen LogP contribution in [0.25, 0.3) is 0 Å². The average molecular weight is 237 g/mol. The summed E-state index contributed by atoms with van der Waals surface area (Å²) in [5, 5.41) is 4.92. The third kappa shape index (κ3) is 3.17. The minimum Gasteiger partial charge on any atom is -0.0878 e. The quantitative estimate of drug-likeness (QED) is 0.547. The molecule has 2 heteroatoms. The lowest BCUT2D eigenvalue weighted by atomic mass is 9.84. The van der Waals surface area contributed by atoms with Crippen LogP contribution in [0.4, 0.5) is 0 Å². The molecule has 1 rings (SSSR count). The fourth-order valence-corrected chi connectivity index (χ4v) is 1.97. The molecule has 0 bridgehead atoms. The molecule has 0 saturated carbocycles. The van der Waals surface area contributed by atoms with Gasteiger partial charge in [-0.3, -0.25) is 0 Å². The second kappa shape index (κ2) is 3.93. The van der Waals surface area contributed by atoms with E-state index in [2.05, 4.69) is 73.1 Å². The van der Waals surface area contributed by atoms with Crippen LogP contribution in [0.3, 0.4) is 0 Å². The van der Waals surface area contributed by atoms with Gasteiger partial charge < -0.3 is 0 Å². The van der Waals surface area contributed by atoms with E-state index in [0.717, 1.165) is 0 Å². The van der Waals surface area contributed by atoms with E-state index in [1.807, 2.05) is 0 Å². The Bertz CT molecular complexity index is 324. The zero-order valence-electron chi connectivity index (χ0n) is 13.0. The van der Waals surface area contributed by atoms with E-state index in [-0.39, 0.29) is 22.4 Å².